The second-order valence-electron chi connectivity index (χ2n) is 9.41. The summed E-state index contributed by atoms with van der Waals surface area (Å²) in [6, 6.07) is 11.6. The molecular weight excluding hydrogens is 421 g/mol. The van der Waals surface area contributed by atoms with Crippen LogP contribution in [0.1, 0.15) is 75.8 Å². The van der Waals surface area contributed by atoms with E-state index in [9.17, 15) is 8.60 Å². The van der Waals surface area contributed by atoms with E-state index in [1.54, 1.807) is 12.1 Å². The van der Waals surface area contributed by atoms with Crippen LogP contribution >= 0.6 is 0 Å². The zero-order valence-corrected chi connectivity index (χ0v) is 20.0. The Morgan fingerprint density at radius 1 is 1.12 bits per heavy atom. The lowest BCUT2D eigenvalue weighted by Gasteiger charge is -2.29. The second-order valence-corrected chi connectivity index (χ2v) is 11.2. The van der Waals surface area contributed by atoms with E-state index in [-0.39, 0.29) is 23.1 Å². The Balaban J connectivity index is 1.68. The smallest absolute Gasteiger partial charge is 0.127 e. The van der Waals surface area contributed by atoms with Crippen molar-refractivity contribution in [1.29, 1.82) is 0 Å². The van der Waals surface area contributed by atoms with Gasteiger partial charge in [0, 0.05) is 22.9 Å². The van der Waals surface area contributed by atoms with E-state index in [1.165, 1.54) is 12.8 Å². The minimum absolute atomic E-state index is 0.0156. The van der Waals surface area contributed by atoms with Crippen LogP contribution in [0.3, 0.4) is 0 Å². The van der Waals surface area contributed by atoms with E-state index in [4.69, 9.17) is 4.74 Å². The van der Waals surface area contributed by atoms with Crippen molar-refractivity contribution in [3.05, 3.63) is 65.6 Å². The highest BCUT2D eigenvalue weighted by atomic mass is 32.2. The van der Waals surface area contributed by atoms with Gasteiger partial charge in [-0.3, -0.25) is 0 Å². The highest BCUT2D eigenvalue weighted by Crippen LogP contribution is 2.45. The predicted octanol–water partition coefficient (Wildman–Crippen LogP) is 6.80. The van der Waals surface area contributed by atoms with Crippen LogP contribution in [0.25, 0.3) is 11.1 Å². The number of rotatable bonds is 9. The molecule has 5 heteroatoms. The van der Waals surface area contributed by atoms with Crippen LogP contribution in [0.4, 0.5) is 4.39 Å². The third kappa shape index (κ3) is 5.25. The molecule has 0 amide bonds. The molecule has 3 nitrogen and oxygen atoms in total. The first-order chi connectivity index (χ1) is 15.4. The summed E-state index contributed by atoms with van der Waals surface area (Å²) in [6.45, 7) is 7.89. The van der Waals surface area contributed by atoms with Crippen molar-refractivity contribution in [3.63, 3.8) is 0 Å². The predicted molar refractivity (Wildman–Crippen MR) is 131 cm³/mol. The van der Waals surface area contributed by atoms with Gasteiger partial charge in [0.1, 0.15) is 22.6 Å². The van der Waals surface area contributed by atoms with Gasteiger partial charge in [0.05, 0.1) is 6.10 Å². The molecule has 4 rings (SSSR count). The molecule has 2 fully saturated rings. The van der Waals surface area contributed by atoms with Gasteiger partial charge in [0.15, 0.2) is 0 Å². The summed E-state index contributed by atoms with van der Waals surface area (Å²) >= 11 is 0. The lowest BCUT2D eigenvalue weighted by atomic mass is 9.76. The van der Waals surface area contributed by atoms with Crippen molar-refractivity contribution in [2.45, 2.75) is 82.5 Å². The summed E-state index contributed by atoms with van der Waals surface area (Å²) in [4.78, 5) is 0. The van der Waals surface area contributed by atoms with E-state index in [0.717, 1.165) is 60.1 Å². The lowest BCUT2D eigenvalue weighted by Crippen LogP contribution is -2.24. The summed E-state index contributed by atoms with van der Waals surface area (Å²) in [5.74, 6) is 0.984. The average molecular weight is 456 g/mol. The molecule has 2 saturated carbocycles. The summed E-state index contributed by atoms with van der Waals surface area (Å²) in [7, 11) is -1.16. The number of ether oxygens (including phenoxy) is 1. The monoisotopic (exact) mass is 455 g/mol. The zero-order chi connectivity index (χ0) is 22.7. The minimum Gasteiger partial charge on any atom is -0.490 e. The molecule has 2 aliphatic rings. The molecular formula is C27H34FNO2S. The summed E-state index contributed by atoms with van der Waals surface area (Å²) in [5.41, 5.74) is 4.47. The van der Waals surface area contributed by atoms with Gasteiger partial charge in [-0.2, -0.15) is 0 Å². The Bertz CT molecular complexity index is 993. The van der Waals surface area contributed by atoms with Crippen molar-refractivity contribution >= 4 is 11.0 Å². The highest BCUT2D eigenvalue weighted by Gasteiger charge is 2.27. The zero-order valence-electron chi connectivity index (χ0n) is 19.2. The molecule has 1 N–H and O–H groups in total. The van der Waals surface area contributed by atoms with Gasteiger partial charge >= 0.3 is 0 Å². The SMILES string of the molecule is C=C(Cc1ccc(OC2CCCC2)c(-c2cccc(F)c2C2CCC2)c1)NS(=O)C(C)C. The third-order valence-corrected chi connectivity index (χ3v) is 7.93. The van der Waals surface area contributed by atoms with E-state index in [1.807, 2.05) is 32.0 Å². The molecule has 0 bridgehead atoms. The van der Waals surface area contributed by atoms with Crippen LogP contribution in [0.15, 0.2) is 48.7 Å². The Hall–Kier alpha value is -2.14. The van der Waals surface area contributed by atoms with E-state index < -0.39 is 11.0 Å². The van der Waals surface area contributed by atoms with Gasteiger partial charge in [0.25, 0.3) is 0 Å². The summed E-state index contributed by atoms with van der Waals surface area (Å²) in [5, 5.41) is 0.0156. The standard InChI is InChI=1S/C27H34FNO2S/c1-18(2)32(30)29-19(3)16-20-14-15-26(31-22-10-4-5-11-22)24(17-20)23-12-7-13-25(28)27(23)21-8-6-9-21/h7,12-15,17-18,21-22,29H,3-6,8-11,16H2,1-2H3. The summed E-state index contributed by atoms with van der Waals surface area (Å²) in [6.07, 6.45) is 8.55. The van der Waals surface area contributed by atoms with Gasteiger partial charge in [0.2, 0.25) is 0 Å². The highest BCUT2D eigenvalue weighted by molar-refractivity contribution is 7.83. The molecule has 2 aromatic rings. The normalized spacial score (nSPS) is 17.9. The average Bonchev–Trinajstić information content (AvgIpc) is 3.22. The van der Waals surface area contributed by atoms with Crippen LogP contribution in [-0.2, 0) is 17.4 Å². The van der Waals surface area contributed by atoms with Gasteiger partial charge in [-0.25, -0.2) is 8.60 Å². The van der Waals surface area contributed by atoms with E-state index in [2.05, 4.69) is 17.4 Å². The van der Waals surface area contributed by atoms with Crippen molar-refractivity contribution in [2.75, 3.05) is 0 Å². The molecule has 1 unspecified atom stereocenters. The fourth-order valence-electron chi connectivity index (χ4n) is 4.61. The van der Waals surface area contributed by atoms with Crippen LogP contribution in [0.5, 0.6) is 5.75 Å². The fraction of sp³-hybridized carbons (Fsp3) is 0.481. The minimum atomic E-state index is -1.16. The maximum atomic E-state index is 15.0. The maximum absolute atomic E-state index is 15.0. The number of hydrogen-bond acceptors (Lipinski definition) is 2. The van der Waals surface area contributed by atoms with Crippen LogP contribution in [0.2, 0.25) is 0 Å². The number of benzene rings is 2. The Morgan fingerprint density at radius 2 is 1.88 bits per heavy atom. The largest absolute Gasteiger partial charge is 0.490 e. The Labute approximate surface area is 194 Å². The van der Waals surface area contributed by atoms with Crippen molar-refractivity contribution in [2.24, 2.45) is 0 Å². The van der Waals surface area contributed by atoms with Crippen LogP contribution < -0.4 is 9.46 Å². The quantitative estimate of drug-likeness (QED) is 0.451. The molecule has 172 valence electrons. The fourth-order valence-corrected chi connectivity index (χ4v) is 5.20. The molecule has 2 aliphatic carbocycles. The molecule has 0 heterocycles. The number of halogens is 1. The number of hydrogen-bond donors (Lipinski definition) is 1. The summed E-state index contributed by atoms with van der Waals surface area (Å²) < 4.78 is 36.6. The van der Waals surface area contributed by atoms with Crippen LogP contribution in [0, 0.1) is 5.82 Å². The first kappa shape index (κ1) is 23.0. The van der Waals surface area contributed by atoms with Crippen molar-refractivity contribution in [1.82, 2.24) is 4.72 Å². The van der Waals surface area contributed by atoms with E-state index in [0.29, 0.717) is 12.1 Å². The van der Waals surface area contributed by atoms with Gasteiger partial charge < -0.3 is 9.46 Å². The van der Waals surface area contributed by atoms with E-state index >= 15 is 0 Å². The Kier molecular flexibility index (Phi) is 7.34. The van der Waals surface area contributed by atoms with Gasteiger partial charge in [-0.05, 0) is 93.2 Å². The second kappa shape index (κ2) is 10.2. The lowest BCUT2D eigenvalue weighted by molar-refractivity contribution is 0.211. The maximum Gasteiger partial charge on any atom is 0.127 e. The molecule has 2 aromatic carbocycles. The first-order valence-electron chi connectivity index (χ1n) is 11.9. The molecule has 0 radical (unpaired) electrons. The number of nitrogens with one attached hydrogen (secondary N) is 1. The molecule has 1 atom stereocenters. The van der Waals surface area contributed by atoms with Gasteiger partial charge in [-0.1, -0.05) is 31.2 Å². The topological polar surface area (TPSA) is 38.3 Å². The van der Waals surface area contributed by atoms with Crippen molar-refractivity contribution < 1.29 is 13.3 Å². The van der Waals surface area contributed by atoms with Gasteiger partial charge in [-0.15, -0.1) is 0 Å². The third-order valence-electron chi connectivity index (χ3n) is 6.59. The van der Waals surface area contributed by atoms with Crippen LogP contribution in [-0.4, -0.2) is 15.6 Å². The molecule has 0 spiro atoms. The molecule has 0 aromatic heterocycles. The molecule has 0 aliphatic heterocycles. The molecule has 0 saturated heterocycles. The Morgan fingerprint density at radius 3 is 2.53 bits per heavy atom. The van der Waals surface area contributed by atoms with Crippen molar-refractivity contribution in [3.8, 4) is 16.9 Å². The molecule has 32 heavy (non-hydrogen) atoms. The number of allylic oxidation sites excluding steroid dienone is 1. The first-order valence-corrected chi connectivity index (χ1v) is 13.1.